The second-order valence-corrected chi connectivity index (χ2v) is 6.84. The monoisotopic (exact) mass is 346 g/mol. The smallest absolute Gasteiger partial charge is 0.354 e. The average molecular weight is 346 g/mol. The lowest BCUT2D eigenvalue weighted by atomic mass is 10.0. The molecule has 2 aliphatic rings. The molecule has 7 heteroatoms. The summed E-state index contributed by atoms with van der Waals surface area (Å²) in [7, 11) is 1.29. The summed E-state index contributed by atoms with van der Waals surface area (Å²) in [5.74, 6) is -0.358. The van der Waals surface area contributed by atoms with Crippen LogP contribution in [-0.4, -0.2) is 47.0 Å². The summed E-state index contributed by atoms with van der Waals surface area (Å²) in [5, 5.41) is 2.53. The van der Waals surface area contributed by atoms with Crippen LogP contribution in [0.1, 0.15) is 12.5 Å². The van der Waals surface area contributed by atoms with E-state index in [4.69, 9.17) is 4.74 Å². The Morgan fingerprint density at radius 2 is 2.04 bits per heavy atom. The Labute approximate surface area is 144 Å². The van der Waals surface area contributed by atoms with E-state index in [2.05, 4.69) is 5.32 Å². The SMILES string of the molecule is COC(=O)C1=C(C)CS[C@@H]2[C@H](NC(=O)Cc3ccccc3)C(=O)N12. The number of esters is 1. The number of rotatable bonds is 4. The van der Waals surface area contributed by atoms with Gasteiger partial charge in [-0.15, -0.1) is 11.8 Å². The Balaban J connectivity index is 1.67. The van der Waals surface area contributed by atoms with Gasteiger partial charge in [-0.3, -0.25) is 14.5 Å². The van der Waals surface area contributed by atoms with Crippen LogP contribution < -0.4 is 5.32 Å². The summed E-state index contributed by atoms with van der Waals surface area (Å²) >= 11 is 1.54. The van der Waals surface area contributed by atoms with Gasteiger partial charge in [0.25, 0.3) is 5.91 Å². The van der Waals surface area contributed by atoms with Crippen molar-refractivity contribution in [2.45, 2.75) is 24.8 Å². The second-order valence-electron chi connectivity index (χ2n) is 5.74. The molecule has 0 radical (unpaired) electrons. The molecule has 1 aromatic carbocycles. The summed E-state index contributed by atoms with van der Waals surface area (Å²) < 4.78 is 4.77. The lowest BCUT2D eigenvalue weighted by Gasteiger charge is -2.49. The van der Waals surface area contributed by atoms with E-state index in [1.807, 2.05) is 37.3 Å². The molecule has 2 aliphatic heterocycles. The number of carbonyl (C=O) groups is 3. The van der Waals surface area contributed by atoms with Gasteiger partial charge in [-0.25, -0.2) is 4.79 Å². The third-order valence-electron chi connectivity index (χ3n) is 4.06. The van der Waals surface area contributed by atoms with E-state index >= 15 is 0 Å². The van der Waals surface area contributed by atoms with Crippen LogP contribution in [0, 0.1) is 0 Å². The van der Waals surface area contributed by atoms with Crippen molar-refractivity contribution in [3.8, 4) is 0 Å². The molecule has 24 heavy (non-hydrogen) atoms. The molecule has 0 aliphatic carbocycles. The normalized spacial score (nSPS) is 22.6. The van der Waals surface area contributed by atoms with Crippen LogP contribution in [-0.2, 0) is 25.5 Å². The Morgan fingerprint density at radius 3 is 2.71 bits per heavy atom. The first-order valence-corrected chi connectivity index (χ1v) is 8.64. The third-order valence-corrected chi connectivity index (χ3v) is 5.49. The standard InChI is InChI=1S/C17H18N2O4S/c1-10-9-24-16-13(15(21)19(16)14(10)17(22)23-2)18-12(20)8-11-6-4-3-5-7-11/h3-7,13,16H,8-9H2,1-2H3,(H,18,20)/t13-,16-/m1/s1. The lowest BCUT2D eigenvalue weighted by Crippen LogP contribution is -2.70. The maximum absolute atomic E-state index is 12.4. The summed E-state index contributed by atoms with van der Waals surface area (Å²) in [6.45, 7) is 1.81. The molecule has 2 amide bonds. The highest BCUT2D eigenvalue weighted by Gasteiger charge is 2.53. The molecule has 2 heterocycles. The van der Waals surface area contributed by atoms with Crippen molar-refractivity contribution >= 4 is 29.5 Å². The van der Waals surface area contributed by atoms with E-state index in [1.165, 1.54) is 23.8 Å². The van der Waals surface area contributed by atoms with E-state index in [0.717, 1.165) is 11.1 Å². The van der Waals surface area contributed by atoms with Crippen LogP contribution >= 0.6 is 11.8 Å². The first-order chi connectivity index (χ1) is 11.5. The van der Waals surface area contributed by atoms with Crippen molar-refractivity contribution in [3.05, 3.63) is 47.2 Å². The number of methoxy groups -OCH3 is 1. The van der Waals surface area contributed by atoms with Gasteiger partial charge in [-0.2, -0.15) is 0 Å². The highest BCUT2D eigenvalue weighted by atomic mass is 32.2. The number of nitrogens with one attached hydrogen (secondary N) is 1. The molecule has 1 aromatic rings. The minimum atomic E-state index is -0.598. The molecule has 0 bridgehead atoms. The molecular formula is C17H18N2O4S. The zero-order valence-electron chi connectivity index (χ0n) is 13.4. The Kier molecular flexibility index (Phi) is 4.62. The number of benzene rings is 1. The molecule has 1 fully saturated rings. The molecule has 0 unspecified atom stereocenters. The van der Waals surface area contributed by atoms with Gasteiger partial charge >= 0.3 is 5.97 Å². The molecule has 0 saturated carbocycles. The van der Waals surface area contributed by atoms with Gasteiger partial charge in [-0.1, -0.05) is 30.3 Å². The quantitative estimate of drug-likeness (QED) is 0.652. The minimum Gasteiger partial charge on any atom is -0.464 e. The number of nitrogens with zero attached hydrogens (tertiary/aromatic N) is 1. The Morgan fingerprint density at radius 1 is 1.33 bits per heavy atom. The molecular weight excluding hydrogens is 328 g/mol. The summed E-state index contributed by atoms with van der Waals surface area (Å²) in [6, 6.07) is 8.75. The van der Waals surface area contributed by atoms with Crippen molar-refractivity contribution in [3.63, 3.8) is 0 Å². The van der Waals surface area contributed by atoms with Gasteiger partial charge in [0, 0.05) is 5.75 Å². The molecule has 3 rings (SSSR count). The van der Waals surface area contributed by atoms with Gasteiger partial charge in [0.15, 0.2) is 0 Å². The van der Waals surface area contributed by atoms with Crippen molar-refractivity contribution in [2.75, 3.05) is 12.9 Å². The van der Waals surface area contributed by atoms with Crippen molar-refractivity contribution < 1.29 is 19.1 Å². The van der Waals surface area contributed by atoms with E-state index in [1.54, 1.807) is 0 Å². The first-order valence-electron chi connectivity index (χ1n) is 7.59. The number of hydrogen-bond donors (Lipinski definition) is 1. The maximum atomic E-state index is 12.4. The van der Waals surface area contributed by atoms with Gasteiger partial charge in [0.1, 0.15) is 17.1 Å². The number of carbonyl (C=O) groups excluding carboxylic acids is 3. The zero-order valence-corrected chi connectivity index (χ0v) is 14.3. The summed E-state index contributed by atoms with van der Waals surface area (Å²) in [6.07, 6.45) is 0.223. The van der Waals surface area contributed by atoms with Crippen LogP contribution in [0.2, 0.25) is 0 Å². The van der Waals surface area contributed by atoms with Gasteiger partial charge in [0.2, 0.25) is 5.91 Å². The van der Waals surface area contributed by atoms with Crippen LogP contribution in [0.25, 0.3) is 0 Å². The number of β-lactam (4-membered cyclic amide) rings is 1. The van der Waals surface area contributed by atoms with E-state index in [-0.39, 0.29) is 23.6 Å². The van der Waals surface area contributed by atoms with E-state index in [0.29, 0.717) is 11.4 Å². The molecule has 0 spiro atoms. The van der Waals surface area contributed by atoms with Crippen molar-refractivity contribution in [2.24, 2.45) is 0 Å². The minimum absolute atomic E-state index is 0.203. The summed E-state index contributed by atoms with van der Waals surface area (Å²) in [5.41, 5.74) is 2.01. The first kappa shape index (κ1) is 16.6. The molecule has 126 valence electrons. The fourth-order valence-corrected chi connectivity index (χ4v) is 4.16. The zero-order chi connectivity index (χ0) is 17.3. The van der Waals surface area contributed by atoms with Crippen LogP contribution in [0.5, 0.6) is 0 Å². The predicted molar refractivity (Wildman–Crippen MR) is 89.9 cm³/mol. The Hall–Kier alpha value is -2.28. The number of ether oxygens (including phenoxy) is 1. The molecule has 6 nitrogen and oxygen atoms in total. The van der Waals surface area contributed by atoms with E-state index in [9.17, 15) is 14.4 Å². The number of fused-ring (bicyclic) bond motifs is 1. The van der Waals surface area contributed by atoms with Crippen LogP contribution in [0.15, 0.2) is 41.6 Å². The van der Waals surface area contributed by atoms with E-state index < -0.39 is 12.0 Å². The van der Waals surface area contributed by atoms with Crippen LogP contribution in [0.3, 0.4) is 0 Å². The number of thioether (sulfide) groups is 1. The topological polar surface area (TPSA) is 75.7 Å². The number of hydrogen-bond acceptors (Lipinski definition) is 5. The fourth-order valence-electron chi connectivity index (χ4n) is 2.86. The van der Waals surface area contributed by atoms with Crippen molar-refractivity contribution in [1.82, 2.24) is 10.2 Å². The molecule has 1 saturated heterocycles. The molecule has 1 N–H and O–H groups in total. The molecule has 2 atom stereocenters. The summed E-state index contributed by atoms with van der Waals surface area (Å²) in [4.78, 5) is 37.9. The van der Waals surface area contributed by atoms with Crippen molar-refractivity contribution in [1.29, 1.82) is 0 Å². The highest BCUT2D eigenvalue weighted by Crippen LogP contribution is 2.40. The highest BCUT2D eigenvalue weighted by molar-refractivity contribution is 8.00. The Bertz CT molecular complexity index is 717. The van der Waals surface area contributed by atoms with Gasteiger partial charge in [-0.05, 0) is 18.1 Å². The molecule has 0 aromatic heterocycles. The largest absolute Gasteiger partial charge is 0.464 e. The average Bonchev–Trinajstić information content (AvgIpc) is 2.59. The second kappa shape index (κ2) is 6.68. The maximum Gasteiger partial charge on any atom is 0.354 e. The lowest BCUT2D eigenvalue weighted by molar-refractivity contribution is -0.151. The fraction of sp³-hybridized carbons (Fsp3) is 0.353. The van der Waals surface area contributed by atoms with Crippen LogP contribution in [0.4, 0.5) is 0 Å². The number of amides is 2. The van der Waals surface area contributed by atoms with Gasteiger partial charge in [0.05, 0.1) is 13.5 Å². The third kappa shape index (κ3) is 2.91. The predicted octanol–water partition coefficient (Wildman–Crippen LogP) is 1.08. The van der Waals surface area contributed by atoms with Gasteiger partial charge < -0.3 is 10.1 Å².